The molecule has 1 aliphatic rings. The fraction of sp³-hybridized carbons (Fsp3) is 0.192. The maximum Gasteiger partial charge on any atom is 0.244 e. The van der Waals surface area contributed by atoms with Crippen LogP contribution >= 0.6 is 0 Å². The van der Waals surface area contributed by atoms with E-state index in [1.54, 1.807) is 18.2 Å². The van der Waals surface area contributed by atoms with Gasteiger partial charge in [-0.3, -0.25) is 9.10 Å². The molecule has 0 spiro atoms. The Balaban J connectivity index is 1.51. The Bertz CT molecular complexity index is 1170. The van der Waals surface area contributed by atoms with E-state index in [9.17, 15) is 13.2 Å². The highest BCUT2D eigenvalue weighted by Gasteiger charge is 2.30. The number of rotatable bonds is 6. The van der Waals surface area contributed by atoms with Crippen LogP contribution in [0.1, 0.15) is 30.0 Å². The molecule has 0 saturated carbocycles. The minimum Gasteiger partial charge on any atom is -0.339 e. The van der Waals surface area contributed by atoms with Crippen LogP contribution in [0.4, 0.5) is 5.69 Å². The summed E-state index contributed by atoms with van der Waals surface area (Å²) in [7, 11) is -3.20. The van der Waals surface area contributed by atoms with Gasteiger partial charge in [-0.1, -0.05) is 72.8 Å². The van der Waals surface area contributed by atoms with Crippen molar-refractivity contribution in [1.82, 2.24) is 5.32 Å². The molecule has 1 amide bonds. The topological polar surface area (TPSA) is 66.5 Å². The lowest BCUT2D eigenvalue weighted by atomic mass is 9.84. The minimum absolute atomic E-state index is 0.191. The monoisotopic (exact) mass is 446 g/mol. The summed E-state index contributed by atoms with van der Waals surface area (Å²) in [5.74, 6) is -0.0254. The van der Waals surface area contributed by atoms with Gasteiger partial charge < -0.3 is 5.32 Å². The predicted molar refractivity (Wildman–Crippen MR) is 129 cm³/mol. The molecule has 0 bridgehead atoms. The van der Waals surface area contributed by atoms with Crippen LogP contribution < -0.4 is 9.62 Å². The van der Waals surface area contributed by atoms with Crippen LogP contribution in [0.2, 0.25) is 0 Å². The molecule has 3 aromatic rings. The highest BCUT2D eigenvalue weighted by Crippen LogP contribution is 2.29. The third kappa shape index (κ3) is 4.60. The van der Waals surface area contributed by atoms with Crippen LogP contribution in [0, 0.1) is 0 Å². The van der Waals surface area contributed by atoms with E-state index in [1.165, 1.54) is 10.4 Å². The van der Waals surface area contributed by atoms with Crippen molar-refractivity contribution in [3.05, 3.63) is 108 Å². The van der Waals surface area contributed by atoms with Crippen molar-refractivity contribution < 1.29 is 13.2 Å². The van der Waals surface area contributed by atoms with Gasteiger partial charge in [0, 0.05) is 12.6 Å². The van der Waals surface area contributed by atoms with Gasteiger partial charge in [-0.15, -0.1) is 0 Å². The van der Waals surface area contributed by atoms with E-state index in [0.717, 1.165) is 16.7 Å². The number of anilines is 1. The van der Waals surface area contributed by atoms with Crippen LogP contribution in [0.25, 0.3) is 6.08 Å². The van der Waals surface area contributed by atoms with Gasteiger partial charge in [0.1, 0.15) is 0 Å². The molecular weight excluding hydrogens is 420 g/mol. The summed E-state index contributed by atoms with van der Waals surface area (Å²) < 4.78 is 25.6. The molecule has 1 aliphatic heterocycles. The van der Waals surface area contributed by atoms with Gasteiger partial charge in [-0.05, 0) is 48.2 Å². The second-order valence-electron chi connectivity index (χ2n) is 8.01. The normalized spacial score (nSPS) is 15.7. The molecule has 1 saturated heterocycles. The molecular formula is C26H26N2O3S. The largest absolute Gasteiger partial charge is 0.339 e. The number of nitrogens with zero attached hydrogens (tertiary/aromatic N) is 1. The molecule has 32 heavy (non-hydrogen) atoms. The summed E-state index contributed by atoms with van der Waals surface area (Å²) in [5, 5.41) is 3.15. The molecule has 1 N–H and O–H groups in total. The zero-order valence-corrected chi connectivity index (χ0v) is 18.8. The Kier molecular flexibility index (Phi) is 6.15. The van der Waals surface area contributed by atoms with Crippen molar-refractivity contribution in [2.75, 3.05) is 16.6 Å². The van der Waals surface area contributed by atoms with Crippen LogP contribution in [-0.2, 0) is 20.4 Å². The summed E-state index contributed by atoms with van der Waals surface area (Å²) in [6.45, 7) is 2.51. The Morgan fingerprint density at radius 2 is 1.47 bits per heavy atom. The Morgan fingerprint density at radius 3 is 1.97 bits per heavy atom. The third-order valence-corrected chi connectivity index (χ3v) is 7.65. The Hall–Kier alpha value is -3.38. The summed E-state index contributed by atoms with van der Waals surface area (Å²) in [4.78, 5) is 12.9. The molecule has 0 atom stereocenters. The second-order valence-corrected chi connectivity index (χ2v) is 10.0. The van der Waals surface area contributed by atoms with Crippen molar-refractivity contribution >= 4 is 27.7 Å². The van der Waals surface area contributed by atoms with Crippen LogP contribution in [0.3, 0.4) is 0 Å². The lowest BCUT2D eigenvalue weighted by molar-refractivity contribution is -0.117. The molecule has 5 nitrogen and oxygen atoms in total. The van der Waals surface area contributed by atoms with Gasteiger partial charge in [0.05, 0.1) is 17.0 Å². The summed E-state index contributed by atoms with van der Waals surface area (Å²) in [6.07, 6.45) is 3.88. The lowest BCUT2D eigenvalue weighted by Gasteiger charge is -2.31. The molecule has 3 aromatic carbocycles. The van der Waals surface area contributed by atoms with Crippen molar-refractivity contribution in [3.8, 4) is 0 Å². The quantitative estimate of drug-likeness (QED) is 0.574. The molecule has 0 aliphatic carbocycles. The number of sulfonamides is 1. The maximum absolute atomic E-state index is 12.9. The fourth-order valence-corrected chi connectivity index (χ4v) is 5.56. The molecule has 164 valence electrons. The maximum atomic E-state index is 12.9. The van der Waals surface area contributed by atoms with E-state index in [1.807, 2.05) is 79.7 Å². The molecule has 4 rings (SSSR count). The number of hydrogen-bond donors (Lipinski definition) is 1. The minimum atomic E-state index is -3.20. The number of amides is 1. The number of carbonyl (C=O) groups is 1. The number of benzene rings is 3. The molecule has 0 aromatic heterocycles. The van der Waals surface area contributed by atoms with E-state index in [-0.39, 0.29) is 11.7 Å². The van der Waals surface area contributed by atoms with Crippen LogP contribution in [0.15, 0.2) is 91.0 Å². The van der Waals surface area contributed by atoms with E-state index < -0.39 is 15.6 Å². The first kappa shape index (κ1) is 21.8. The molecule has 0 radical (unpaired) electrons. The van der Waals surface area contributed by atoms with Gasteiger partial charge in [0.25, 0.3) is 0 Å². The average molecular weight is 447 g/mol. The van der Waals surface area contributed by atoms with E-state index in [0.29, 0.717) is 18.7 Å². The van der Waals surface area contributed by atoms with Crippen LogP contribution in [0.5, 0.6) is 0 Å². The van der Waals surface area contributed by atoms with Crippen molar-refractivity contribution in [2.24, 2.45) is 0 Å². The number of carbonyl (C=O) groups excluding carboxylic acids is 1. The van der Waals surface area contributed by atoms with Crippen LogP contribution in [-0.4, -0.2) is 26.6 Å². The van der Waals surface area contributed by atoms with Gasteiger partial charge in [-0.25, -0.2) is 8.42 Å². The molecule has 0 unspecified atom stereocenters. The van der Waals surface area contributed by atoms with E-state index in [2.05, 4.69) is 5.32 Å². The Labute approximate surface area is 189 Å². The molecule has 6 heteroatoms. The van der Waals surface area contributed by atoms with E-state index >= 15 is 0 Å². The Morgan fingerprint density at radius 1 is 0.906 bits per heavy atom. The summed E-state index contributed by atoms with van der Waals surface area (Å²) >= 11 is 0. The van der Waals surface area contributed by atoms with E-state index in [4.69, 9.17) is 0 Å². The van der Waals surface area contributed by atoms with Gasteiger partial charge >= 0.3 is 0 Å². The second kappa shape index (κ2) is 9.01. The first-order chi connectivity index (χ1) is 15.4. The number of hydrogen-bond acceptors (Lipinski definition) is 3. The van der Waals surface area contributed by atoms with Gasteiger partial charge in [-0.2, -0.15) is 0 Å². The molecule has 1 heterocycles. The zero-order chi connectivity index (χ0) is 22.6. The SMILES string of the molecule is CC(NC(=O)/C=C/c1ccc(N2CCCS2(=O)=O)cc1)(c1ccccc1)c1ccccc1. The smallest absolute Gasteiger partial charge is 0.244 e. The highest BCUT2D eigenvalue weighted by atomic mass is 32.2. The first-order valence-corrected chi connectivity index (χ1v) is 12.2. The summed E-state index contributed by atoms with van der Waals surface area (Å²) in [5.41, 5.74) is 2.78. The van der Waals surface area contributed by atoms with Crippen molar-refractivity contribution in [3.63, 3.8) is 0 Å². The standard InChI is InChI=1S/C26H26N2O3S/c1-26(22-9-4-2-5-10-22,23-11-6-3-7-12-23)27-25(29)18-15-21-13-16-24(17-14-21)28-19-8-20-32(28,30)31/h2-7,9-18H,8,19-20H2,1H3,(H,27,29)/b18-15+. The zero-order valence-electron chi connectivity index (χ0n) is 17.9. The number of nitrogens with one attached hydrogen (secondary N) is 1. The van der Waals surface area contributed by atoms with Gasteiger partial charge in [0.15, 0.2) is 0 Å². The molecule has 1 fully saturated rings. The van der Waals surface area contributed by atoms with Crippen molar-refractivity contribution in [1.29, 1.82) is 0 Å². The van der Waals surface area contributed by atoms with Gasteiger partial charge in [0.2, 0.25) is 15.9 Å². The third-order valence-electron chi connectivity index (χ3n) is 5.78. The summed E-state index contributed by atoms with van der Waals surface area (Å²) in [6, 6.07) is 26.9. The first-order valence-electron chi connectivity index (χ1n) is 10.6. The fourth-order valence-electron chi connectivity index (χ4n) is 4.00. The van der Waals surface area contributed by atoms with Crippen molar-refractivity contribution in [2.45, 2.75) is 18.9 Å². The lowest BCUT2D eigenvalue weighted by Crippen LogP contribution is -2.43. The predicted octanol–water partition coefficient (Wildman–Crippen LogP) is 4.32. The average Bonchev–Trinajstić information content (AvgIpc) is 3.18. The highest BCUT2D eigenvalue weighted by molar-refractivity contribution is 7.93.